The topological polar surface area (TPSA) is 39.2 Å². The molecule has 2 nitrogen and oxygen atoms in total. The Labute approximate surface area is 147 Å². The van der Waals surface area contributed by atoms with E-state index in [9.17, 15) is 0 Å². The van der Waals surface area contributed by atoms with E-state index in [2.05, 4.69) is 62.4 Å². The molecule has 0 spiro atoms. The summed E-state index contributed by atoms with van der Waals surface area (Å²) in [4.78, 5) is 0. The molecule has 0 amide bonds. The molecule has 25 heavy (non-hydrogen) atoms. The number of hydrogen-bond acceptors (Lipinski definition) is 2. The zero-order chi connectivity index (χ0) is 17.4. The van der Waals surface area contributed by atoms with Crippen LogP contribution in [0.1, 0.15) is 31.9 Å². The lowest BCUT2D eigenvalue weighted by Gasteiger charge is -2.23. The maximum Gasteiger partial charge on any atom is 0.140 e. The Bertz CT molecular complexity index is 1140. The summed E-state index contributed by atoms with van der Waals surface area (Å²) < 4.78 is 6.31. The van der Waals surface area contributed by atoms with Crippen molar-refractivity contribution >= 4 is 27.5 Å². The Balaban J connectivity index is 1.86. The molecular weight excluding hydrogens is 306 g/mol. The molecule has 1 aromatic heterocycles. The molecule has 1 unspecified atom stereocenters. The van der Waals surface area contributed by atoms with Gasteiger partial charge in [-0.05, 0) is 35.8 Å². The van der Waals surface area contributed by atoms with E-state index >= 15 is 0 Å². The van der Waals surface area contributed by atoms with Gasteiger partial charge in [0.1, 0.15) is 11.2 Å². The summed E-state index contributed by atoms with van der Waals surface area (Å²) in [6.07, 6.45) is 8.55. The van der Waals surface area contributed by atoms with Crippen molar-refractivity contribution in [2.24, 2.45) is 5.73 Å². The Morgan fingerprint density at radius 1 is 0.880 bits per heavy atom. The van der Waals surface area contributed by atoms with Crippen molar-refractivity contribution in [3.8, 4) is 0 Å². The molecule has 2 aromatic carbocycles. The van der Waals surface area contributed by atoms with Crippen LogP contribution >= 0.6 is 0 Å². The van der Waals surface area contributed by atoms with Gasteiger partial charge in [0.05, 0.1) is 5.54 Å². The lowest BCUT2D eigenvalue weighted by molar-refractivity contribution is 0.615. The van der Waals surface area contributed by atoms with Crippen LogP contribution in [-0.2, 0) is 5.41 Å². The van der Waals surface area contributed by atoms with E-state index in [1.54, 1.807) is 0 Å². The van der Waals surface area contributed by atoms with Gasteiger partial charge < -0.3 is 10.2 Å². The van der Waals surface area contributed by atoms with Crippen LogP contribution in [-0.4, -0.2) is 5.54 Å². The third kappa shape index (κ3) is 1.89. The number of hydrogen-bond donors (Lipinski definition) is 1. The van der Waals surface area contributed by atoms with Gasteiger partial charge in [-0.15, -0.1) is 0 Å². The fourth-order valence-corrected chi connectivity index (χ4v) is 4.31. The smallest absolute Gasteiger partial charge is 0.140 e. The van der Waals surface area contributed by atoms with E-state index in [0.29, 0.717) is 0 Å². The number of benzene rings is 2. The maximum atomic E-state index is 6.31. The van der Waals surface area contributed by atoms with Crippen molar-refractivity contribution < 1.29 is 4.42 Å². The van der Waals surface area contributed by atoms with Crippen LogP contribution in [0.25, 0.3) is 27.5 Å². The molecule has 0 saturated heterocycles. The summed E-state index contributed by atoms with van der Waals surface area (Å²) in [6.45, 7) is 6.58. The van der Waals surface area contributed by atoms with Crippen molar-refractivity contribution in [3.63, 3.8) is 0 Å². The zero-order valence-electron chi connectivity index (χ0n) is 14.8. The van der Waals surface area contributed by atoms with Crippen molar-refractivity contribution in [1.82, 2.24) is 0 Å². The van der Waals surface area contributed by atoms with E-state index in [-0.39, 0.29) is 5.41 Å². The van der Waals surface area contributed by atoms with Gasteiger partial charge in [0, 0.05) is 21.8 Å². The number of nitrogens with two attached hydrogens (primary N) is 1. The van der Waals surface area contributed by atoms with Crippen LogP contribution in [0, 0.1) is 0 Å². The molecule has 124 valence electrons. The van der Waals surface area contributed by atoms with Gasteiger partial charge in [-0.25, -0.2) is 0 Å². The minimum absolute atomic E-state index is 0.126. The molecule has 1 atom stereocenters. The Morgan fingerprint density at radius 3 is 2.48 bits per heavy atom. The number of allylic oxidation sites excluding steroid dienone is 4. The zero-order valence-corrected chi connectivity index (χ0v) is 14.8. The van der Waals surface area contributed by atoms with E-state index in [1.165, 1.54) is 33.0 Å². The van der Waals surface area contributed by atoms with E-state index in [1.807, 2.05) is 19.1 Å². The first-order chi connectivity index (χ1) is 11.9. The highest BCUT2D eigenvalue weighted by Crippen LogP contribution is 2.52. The van der Waals surface area contributed by atoms with Crippen LogP contribution in [0.15, 0.2) is 70.7 Å². The number of furan rings is 1. The van der Waals surface area contributed by atoms with Crippen LogP contribution < -0.4 is 5.73 Å². The molecule has 0 saturated carbocycles. The summed E-state index contributed by atoms with van der Waals surface area (Å²) in [7, 11) is 0. The summed E-state index contributed by atoms with van der Waals surface area (Å²) in [6, 6.07) is 12.7. The van der Waals surface area contributed by atoms with Crippen molar-refractivity contribution in [1.29, 1.82) is 0 Å². The van der Waals surface area contributed by atoms with Gasteiger partial charge in [-0.3, -0.25) is 0 Å². The first kappa shape index (κ1) is 14.7. The second kappa shape index (κ2) is 4.53. The van der Waals surface area contributed by atoms with Crippen molar-refractivity contribution in [3.05, 3.63) is 77.4 Å². The molecule has 2 N–H and O–H groups in total. The fourth-order valence-electron chi connectivity index (χ4n) is 4.31. The predicted octanol–water partition coefficient (Wildman–Crippen LogP) is 5.47. The van der Waals surface area contributed by atoms with E-state index in [0.717, 1.165) is 11.2 Å². The Hall–Kier alpha value is -2.58. The average molecular weight is 327 g/mol. The highest BCUT2D eigenvalue weighted by Gasteiger charge is 2.39. The van der Waals surface area contributed by atoms with Crippen molar-refractivity contribution in [2.45, 2.75) is 31.7 Å². The first-order valence-electron chi connectivity index (χ1n) is 8.76. The molecule has 2 aliphatic rings. The number of para-hydroxylation sites is 1. The van der Waals surface area contributed by atoms with E-state index < -0.39 is 5.54 Å². The average Bonchev–Trinajstić information content (AvgIpc) is 2.97. The third-order valence-electron chi connectivity index (χ3n) is 5.64. The third-order valence-corrected chi connectivity index (χ3v) is 5.64. The lowest BCUT2D eigenvalue weighted by Crippen LogP contribution is -2.30. The predicted molar refractivity (Wildman–Crippen MR) is 105 cm³/mol. The molecule has 5 rings (SSSR count). The van der Waals surface area contributed by atoms with Gasteiger partial charge in [0.25, 0.3) is 0 Å². The standard InChI is InChI=1S/C23H21NO/c1-22(2)18-11-13-23(3,24)12-10-14(18)16-8-9-17-15-6-4-5-7-19(15)25-21(17)20(16)22/h4-13H,24H2,1-3H3. The highest BCUT2D eigenvalue weighted by molar-refractivity contribution is 6.09. The number of rotatable bonds is 0. The molecule has 0 fully saturated rings. The van der Waals surface area contributed by atoms with Gasteiger partial charge in [0.2, 0.25) is 0 Å². The van der Waals surface area contributed by atoms with E-state index in [4.69, 9.17) is 10.2 Å². The van der Waals surface area contributed by atoms with Crippen LogP contribution in [0.2, 0.25) is 0 Å². The molecule has 0 bridgehead atoms. The monoisotopic (exact) mass is 327 g/mol. The van der Waals surface area contributed by atoms with Gasteiger partial charge in [-0.1, -0.05) is 62.4 Å². The molecule has 0 aliphatic heterocycles. The molecule has 2 heteroatoms. The Kier molecular flexibility index (Phi) is 2.67. The summed E-state index contributed by atoms with van der Waals surface area (Å²) in [5.41, 5.74) is 12.8. The van der Waals surface area contributed by atoms with Gasteiger partial charge in [0.15, 0.2) is 0 Å². The first-order valence-corrected chi connectivity index (χ1v) is 8.76. The fraction of sp³-hybridized carbons (Fsp3) is 0.217. The molecule has 1 heterocycles. The molecule has 3 aromatic rings. The van der Waals surface area contributed by atoms with Crippen LogP contribution in [0.4, 0.5) is 0 Å². The normalized spacial score (nSPS) is 24.0. The quantitative estimate of drug-likeness (QED) is 0.594. The lowest BCUT2D eigenvalue weighted by atomic mass is 9.80. The van der Waals surface area contributed by atoms with Gasteiger partial charge in [-0.2, -0.15) is 0 Å². The summed E-state index contributed by atoms with van der Waals surface area (Å²) >= 11 is 0. The minimum atomic E-state index is -0.413. The summed E-state index contributed by atoms with van der Waals surface area (Å²) in [5.74, 6) is 0. The highest BCUT2D eigenvalue weighted by atomic mass is 16.3. The maximum absolute atomic E-state index is 6.31. The van der Waals surface area contributed by atoms with Gasteiger partial charge >= 0.3 is 0 Å². The molecular formula is C23H21NO. The molecule has 2 aliphatic carbocycles. The second-order valence-corrected chi connectivity index (χ2v) is 7.95. The SMILES string of the molecule is CC1(N)C=CC2=C(C=C1)C(C)(C)c1c2ccc2c1oc1ccccc12. The minimum Gasteiger partial charge on any atom is -0.456 e. The molecule has 0 radical (unpaired) electrons. The van der Waals surface area contributed by atoms with Crippen LogP contribution in [0.3, 0.4) is 0 Å². The summed E-state index contributed by atoms with van der Waals surface area (Å²) in [5, 5.41) is 2.37. The number of fused-ring (bicyclic) bond motifs is 6. The van der Waals surface area contributed by atoms with Crippen LogP contribution in [0.5, 0.6) is 0 Å². The Morgan fingerprint density at radius 2 is 1.64 bits per heavy atom. The largest absolute Gasteiger partial charge is 0.456 e. The second-order valence-electron chi connectivity index (χ2n) is 7.95. The van der Waals surface area contributed by atoms with Crippen molar-refractivity contribution in [2.75, 3.05) is 0 Å².